The first-order chi connectivity index (χ1) is 21.1. The summed E-state index contributed by atoms with van der Waals surface area (Å²) in [6, 6.07) is 40.4. The Balaban J connectivity index is -0.000000501. The minimum Gasteiger partial charge on any atom is -0.359 e. The molecule has 4 rings (SSSR count). The second-order valence-corrected chi connectivity index (χ2v) is 7.82. The Morgan fingerprint density at radius 2 is 0.605 bits per heavy atom. The van der Waals surface area contributed by atoms with Crippen molar-refractivity contribution in [3.8, 4) is 0 Å². The summed E-state index contributed by atoms with van der Waals surface area (Å²) in [5.41, 5.74) is 4.83. The highest BCUT2D eigenvalue weighted by Gasteiger charge is 1.98. The number of carbonyl (C=O) groups excluding carboxylic acids is 2. The number of amides is 2. The summed E-state index contributed by atoms with van der Waals surface area (Å²) in [6.45, 7) is 16.0. The Morgan fingerprint density at radius 1 is 0.395 bits per heavy atom. The summed E-state index contributed by atoms with van der Waals surface area (Å²) in [4.78, 5) is 21.7. The third kappa shape index (κ3) is 25.3. The van der Waals surface area contributed by atoms with Crippen LogP contribution >= 0.6 is 0 Å². The predicted molar refractivity (Wildman–Crippen MR) is 190 cm³/mol. The molecule has 0 saturated carbocycles. The molecule has 2 amide bonds. The molecule has 0 aliphatic carbocycles. The summed E-state index contributed by atoms with van der Waals surface area (Å²) in [5, 5.41) is 5.15. The van der Waals surface area contributed by atoms with Crippen LogP contribution in [0, 0.1) is 0 Å². The van der Waals surface area contributed by atoms with E-state index in [0.717, 1.165) is 17.5 Å². The minimum absolute atomic E-state index is 0.0520. The molecule has 0 unspecified atom stereocenters. The number of carbonyl (C=O) groups is 2. The Kier molecular flexibility index (Phi) is 34.2. The molecule has 0 aliphatic rings. The fraction of sp³-hybridized carbons (Fsp3) is 0.333. The van der Waals surface area contributed by atoms with Crippen LogP contribution in [0.2, 0.25) is 0 Å². The lowest BCUT2D eigenvalue weighted by Gasteiger charge is -2.00. The molecule has 43 heavy (non-hydrogen) atoms. The SMILES string of the molecule is CC.CC.CC.CC.CNC(=O)Cc1ccccc1.CNC(=O)Cc1ccccc1.c1ccc(Cc2ccccc2)cc1. The van der Waals surface area contributed by atoms with Gasteiger partial charge in [-0.3, -0.25) is 9.59 Å². The fourth-order valence-corrected chi connectivity index (χ4v) is 3.17. The predicted octanol–water partition coefficient (Wildman–Crippen LogP) is 9.33. The van der Waals surface area contributed by atoms with Gasteiger partial charge in [-0.15, -0.1) is 0 Å². The van der Waals surface area contributed by atoms with E-state index >= 15 is 0 Å². The molecule has 0 heterocycles. The van der Waals surface area contributed by atoms with Gasteiger partial charge in [-0.05, 0) is 28.7 Å². The monoisotopic (exact) mass is 586 g/mol. The van der Waals surface area contributed by atoms with Crippen LogP contribution in [-0.4, -0.2) is 25.9 Å². The molecule has 0 radical (unpaired) electrons. The largest absolute Gasteiger partial charge is 0.359 e. The fourth-order valence-electron chi connectivity index (χ4n) is 3.17. The molecule has 0 atom stereocenters. The van der Waals surface area contributed by atoms with Gasteiger partial charge in [-0.25, -0.2) is 0 Å². The summed E-state index contributed by atoms with van der Waals surface area (Å²) in [5.74, 6) is 0.104. The van der Waals surface area contributed by atoms with Gasteiger partial charge < -0.3 is 10.6 Å². The van der Waals surface area contributed by atoms with E-state index in [1.165, 1.54) is 11.1 Å². The normalized spacial score (nSPS) is 8.23. The van der Waals surface area contributed by atoms with Crippen LogP contribution in [0.1, 0.15) is 77.6 Å². The molecule has 0 spiro atoms. The minimum atomic E-state index is 0.0520. The third-order valence-corrected chi connectivity index (χ3v) is 5.07. The smallest absolute Gasteiger partial charge is 0.224 e. The summed E-state index contributed by atoms with van der Waals surface area (Å²) in [6.07, 6.45) is 1.97. The van der Waals surface area contributed by atoms with Crippen LogP contribution in [0.25, 0.3) is 0 Å². The molecule has 4 aromatic carbocycles. The van der Waals surface area contributed by atoms with Gasteiger partial charge in [0, 0.05) is 14.1 Å². The van der Waals surface area contributed by atoms with E-state index in [1.807, 2.05) is 116 Å². The van der Waals surface area contributed by atoms with Gasteiger partial charge in [0.25, 0.3) is 0 Å². The molecular weight excluding hydrogens is 528 g/mol. The maximum Gasteiger partial charge on any atom is 0.224 e. The van der Waals surface area contributed by atoms with Crippen molar-refractivity contribution < 1.29 is 9.59 Å². The van der Waals surface area contributed by atoms with Crippen molar-refractivity contribution in [3.63, 3.8) is 0 Å². The molecule has 4 aromatic rings. The second-order valence-electron chi connectivity index (χ2n) is 7.82. The van der Waals surface area contributed by atoms with E-state index < -0.39 is 0 Å². The van der Waals surface area contributed by atoms with E-state index in [4.69, 9.17) is 0 Å². The number of benzene rings is 4. The number of rotatable bonds is 6. The topological polar surface area (TPSA) is 58.2 Å². The molecule has 4 heteroatoms. The van der Waals surface area contributed by atoms with Crippen molar-refractivity contribution in [1.82, 2.24) is 10.6 Å². The lowest BCUT2D eigenvalue weighted by molar-refractivity contribution is -0.120. The summed E-state index contributed by atoms with van der Waals surface area (Å²) < 4.78 is 0. The van der Waals surface area contributed by atoms with Gasteiger partial charge in [0.15, 0.2) is 0 Å². The van der Waals surface area contributed by atoms with E-state index in [-0.39, 0.29) is 11.8 Å². The van der Waals surface area contributed by atoms with Gasteiger partial charge in [0.1, 0.15) is 0 Å². The molecule has 0 bridgehead atoms. The Labute approximate surface area is 264 Å². The zero-order valence-corrected chi connectivity index (χ0v) is 28.5. The van der Waals surface area contributed by atoms with Crippen LogP contribution in [0.3, 0.4) is 0 Å². The molecule has 4 nitrogen and oxygen atoms in total. The summed E-state index contributed by atoms with van der Waals surface area (Å²) >= 11 is 0. The van der Waals surface area contributed by atoms with Gasteiger partial charge in [-0.2, -0.15) is 0 Å². The average molecular weight is 587 g/mol. The first-order valence-electron chi connectivity index (χ1n) is 15.7. The van der Waals surface area contributed by atoms with Crippen molar-refractivity contribution in [2.24, 2.45) is 0 Å². The maximum absolute atomic E-state index is 10.9. The highest BCUT2D eigenvalue weighted by atomic mass is 16.2. The molecule has 0 aliphatic heterocycles. The molecule has 2 N–H and O–H groups in total. The van der Waals surface area contributed by atoms with Crippen molar-refractivity contribution in [3.05, 3.63) is 144 Å². The Hall–Kier alpha value is -4.18. The van der Waals surface area contributed by atoms with Crippen LogP contribution < -0.4 is 10.6 Å². The Bertz CT molecular complexity index is 1010. The number of hydrogen-bond donors (Lipinski definition) is 2. The summed E-state index contributed by atoms with van der Waals surface area (Å²) in [7, 11) is 3.29. The number of nitrogens with one attached hydrogen (secondary N) is 2. The van der Waals surface area contributed by atoms with Crippen molar-refractivity contribution >= 4 is 11.8 Å². The van der Waals surface area contributed by atoms with E-state index in [9.17, 15) is 9.59 Å². The standard InChI is InChI=1S/C13H12.2C9H11NO.4C2H6/c1-3-7-12(8-4-1)11-13-9-5-2-6-10-13;2*1-10-9(11)7-8-5-3-2-4-6-8;4*1-2/h1-10H,11H2;2*2-6H,7H2,1H3,(H,10,11);4*1-2H3. The van der Waals surface area contributed by atoms with Crippen LogP contribution in [0.5, 0.6) is 0 Å². The molecular formula is C39H58N2O2. The number of likely N-dealkylation sites (N-methyl/N-ethyl adjacent to an activating group) is 2. The zero-order valence-electron chi connectivity index (χ0n) is 28.5. The van der Waals surface area contributed by atoms with E-state index in [1.54, 1.807) is 14.1 Å². The van der Waals surface area contributed by atoms with Crippen LogP contribution in [-0.2, 0) is 28.9 Å². The lowest BCUT2D eigenvalue weighted by Crippen LogP contribution is -2.19. The molecule has 0 saturated heterocycles. The number of hydrogen-bond acceptors (Lipinski definition) is 2. The van der Waals surface area contributed by atoms with Gasteiger partial charge >= 0.3 is 0 Å². The highest BCUT2D eigenvalue weighted by molar-refractivity contribution is 5.78. The van der Waals surface area contributed by atoms with Crippen molar-refractivity contribution in [2.75, 3.05) is 14.1 Å². The molecule has 0 fully saturated rings. The van der Waals surface area contributed by atoms with Crippen molar-refractivity contribution in [2.45, 2.75) is 74.7 Å². The maximum atomic E-state index is 10.9. The second kappa shape index (κ2) is 34.0. The molecule has 236 valence electrons. The Morgan fingerprint density at radius 3 is 0.814 bits per heavy atom. The van der Waals surface area contributed by atoms with E-state index in [2.05, 4.69) is 71.3 Å². The van der Waals surface area contributed by atoms with E-state index in [0.29, 0.717) is 12.8 Å². The first-order valence-corrected chi connectivity index (χ1v) is 15.7. The van der Waals surface area contributed by atoms with Gasteiger partial charge in [-0.1, -0.05) is 177 Å². The highest BCUT2D eigenvalue weighted by Crippen LogP contribution is 2.08. The first kappa shape index (κ1) is 43.3. The van der Waals surface area contributed by atoms with Gasteiger partial charge in [0.2, 0.25) is 11.8 Å². The van der Waals surface area contributed by atoms with Gasteiger partial charge in [0.05, 0.1) is 12.8 Å². The molecule has 0 aromatic heterocycles. The zero-order chi connectivity index (χ0) is 33.1. The quantitative estimate of drug-likeness (QED) is 0.236. The third-order valence-electron chi connectivity index (χ3n) is 5.07. The average Bonchev–Trinajstić information content (AvgIpc) is 3.10. The van der Waals surface area contributed by atoms with Crippen molar-refractivity contribution in [1.29, 1.82) is 0 Å². The van der Waals surface area contributed by atoms with Crippen LogP contribution in [0.4, 0.5) is 0 Å². The lowest BCUT2D eigenvalue weighted by atomic mass is 10.1. The van der Waals surface area contributed by atoms with Crippen LogP contribution in [0.15, 0.2) is 121 Å².